The number of methoxy groups -OCH3 is 1. The summed E-state index contributed by atoms with van der Waals surface area (Å²) < 4.78 is 64.5. The number of aromatic nitrogens is 2. The van der Waals surface area contributed by atoms with E-state index in [1.165, 1.54) is 43.0 Å². The first kappa shape index (κ1) is 23.4. The quantitative estimate of drug-likeness (QED) is 0.518. The number of anilines is 3. The zero-order chi connectivity index (χ0) is 23.9. The lowest BCUT2D eigenvalue weighted by Gasteiger charge is -2.37. The molecule has 1 aromatic heterocycles. The molecule has 1 saturated heterocycles. The van der Waals surface area contributed by atoms with Gasteiger partial charge < -0.3 is 14.6 Å². The minimum Gasteiger partial charge on any atom is -0.384 e. The molecule has 9 nitrogen and oxygen atoms in total. The van der Waals surface area contributed by atoms with Crippen molar-refractivity contribution >= 4 is 49.8 Å². The van der Waals surface area contributed by atoms with Crippen molar-refractivity contribution in [3.05, 3.63) is 57.6 Å². The molecular weight excluding hydrogens is 480 g/mol. The number of benzene rings is 2. The van der Waals surface area contributed by atoms with Crippen LogP contribution in [0.5, 0.6) is 0 Å². The van der Waals surface area contributed by atoms with Crippen LogP contribution in [0.25, 0.3) is 10.9 Å². The van der Waals surface area contributed by atoms with E-state index in [4.69, 9.17) is 16.3 Å². The predicted octanol–water partition coefficient (Wildman–Crippen LogP) is 2.84. The second-order valence-electron chi connectivity index (χ2n) is 7.64. The highest BCUT2D eigenvalue weighted by molar-refractivity contribution is 7.90. The van der Waals surface area contributed by atoms with Gasteiger partial charge in [-0.15, -0.1) is 0 Å². The van der Waals surface area contributed by atoms with Gasteiger partial charge in [0, 0.05) is 33.2 Å². The molecule has 1 aliphatic heterocycles. The number of hydrogen-bond donors (Lipinski definition) is 2. The molecule has 0 bridgehead atoms. The smallest absolute Gasteiger partial charge is 0.301 e. The van der Waals surface area contributed by atoms with E-state index in [-0.39, 0.29) is 52.0 Å². The fourth-order valence-electron chi connectivity index (χ4n) is 3.49. The van der Waals surface area contributed by atoms with E-state index < -0.39 is 27.4 Å². The molecule has 0 atom stereocenters. The molecule has 1 aliphatic rings. The van der Waals surface area contributed by atoms with Gasteiger partial charge in [0.25, 0.3) is 5.56 Å². The van der Waals surface area contributed by atoms with Gasteiger partial charge in [-0.25, -0.2) is 13.8 Å². The average Bonchev–Trinajstić information content (AvgIpc) is 2.73. The summed E-state index contributed by atoms with van der Waals surface area (Å²) in [5, 5.41) is 1.96. The zero-order valence-electron chi connectivity index (χ0n) is 17.6. The monoisotopic (exact) mass is 499 g/mol. The van der Waals surface area contributed by atoms with Crippen molar-refractivity contribution in [1.29, 1.82) is 0 Å². The van der Waals surface area contributed by atoms with Crippen molar-refractivity contribution in [3.63, 3.8) is 0 Å². The Morgan fingerprint density at radius 1 is 1.21 bits per heavy atom. The molecule has 0 aliphatic carbocycles. The lowest BCUT2D eigenvalue weighted by molar-refractivity contribution is 0.0825. The molecule has 0 spiro atoms. The highest BCUT2D eigenvalue weighted by Crippen LogP contribution is 2.37. The summed E-state index contributed by atoms with van der Waals surface area (Å²) in [5.41, 5.74) is -1.14. The van der Waals surface area contributed by atoms with Gasteiger partial charge >= 0.3 is 10.2 Å². The third-order valence-corrected chi connectivity index (χ3v) is 7.13. The Labute approximate surface area is 193 Å². The first-order valence-corrected chi connectivity index (χ1v) is 11.6. The molecule has 13 heteroatoms. The lowest BCUT2D eigenvalue weighted by Crippen LogP contribution is -2.53. The Hall–Kier alpha value is -2.80. The normalized spacial score (nSPS) is 14.9. The number of ether oxygens (including phenoxy) is 1. The van der Waals surface area contributed by atoms with Crippen molar-refractivity contribution < 1.29 is 21.9 Å². The van der Waals surface area contributed by atoms with Crippen molar-refractivity contribution in [2.45, 2.75) is 0 Å². The van der Waals surface area contributed by atoms with Gasteiger partial charge in [-0.2, -0.15) is 12.7 Å². The van der Waals surface area contributed by atoms with Gasteiger partial charge in [0.2, 0.25) is 0 Å². The van der Waals surface area contributed by atoms with Crippen molar-refractivity contribution in [1.82, 2.24) is 13.9 Å². The molecule has 0 saturated carbocycles. The number of nitrogens with zero attached hydrogens (tertiary/aromatic N) is 3. The second kappa shape index (κ2) is 8.86. The summed E-state index contributed by atoms with van der Waals surface area (Å²) in [5.74, 6) is -1.69. The summed E-state index contributed by atoms with van der Waals surface area (Å²) >= 11 is 6.27. The van der Waals surface area contributed by atoms with E-state index in [9.17, 15) is 17.6 Å². The summed E-state index contributed by atoms with van der Waals surface area (Å²) in [6, 6.07) is 4.85. The van der Waals surface area contributed by atoms with Crippen LogP contribution in [0.2, 0.25) is 5.02 Å². The summed E-state index contributed by atoms with van der Waals surface area (Å²) in [4.78, 5) is 16.3. The number of hydrogen-bond acceptors (Lipinski definition) is 6. The van der Waals surface area contributed by atoms with Crippen molar-refractivity contribution in [2.24, 2.45) is 13.0 Å². The number of nitrogens with one attached hydrogen (secondary N) is 2. The number of halogens is 3. The Morgan fingerprint density at radius 2 is 1.91 bits per heavy atom. The van der Waals surface area contributed by atoms with E-state index in [0.717, 1.165) is 10.6 Å². The highest BCUT2D eigenvalue weighted by atomic mass is 35.5. The Morgan fingerprint density at radius 3 is 2.61 bits per heavy atom. The molecular formula is C20H20ClF2N5O4S. The summed E-state index contributed by atoms with van der Waals surface area (Å²) in [6.45, 7) is 0.990. The van der Waals surface area contributed by atoms with Gasteiger partial charge in [-0.05, 0) is 24.3 Å². The number of fused-ring (bicyclic) bond motifs is 1. The summed E-state index contributed by atoms with van der Waals surface area (Å²) in [6.07, 6.45) is 1.26. The van der Waals surface area contributed by atoms with Crippen LogP contribution >= 0.6 is 11.6 Å². The average molecular weight is 500 g/mol. The topological polar surface area (TPSA) is 106 Å². The molecule has 0 radical (unpaired) electrons. The molecule has 0 amide bonds. The molecule has 2 N–H and O–H groups in total. The van der Waals surface area contributed by atoms with E-state index in [1.807, 2.05) is 0 Å². The van der Waals surface area contributed by atoms with Crippen molar-refractivity contribution in [3.8, 4) is 0 Å². The van der Waals surface area contributed by atoms with Crippen LogP contribution in [-0.2, 0) is 22.0 Å². The van der Waals surface area contributed by atoms with E-state index in [0.29, 0.717) is 6.61 Å². The van der Waals surface area contributed by atoms with Crippen molar-refractivity contribution in [2.75, 3.05) is 36.8 Å². The Balaban J connectivity index is 1.64. The van der Waals surface area contributed by atoms with Crippen LogP contribution in [0.4, 0.5) is 25.8 Å². The zero-order valence-corrected chi connectivity index (χ0v) is 19.2. The molecule has 3 aromatic rings. The van der Waals surface area contributed by atoms with Gasteiger partial charge in [0.05, 0.1) is 40.5 Å². The second-order valence-corrected chi connectivity index (χ2v) is 9.68. The van der Waals surface area contributed by atoms with Crippen LogP contribution < -0.4 is 15.6 Å². The first-order chi connectivity index (χ1) is 15.6. The predicted molar refractivity (Wildman–Crippen MR) is 121 cm³/mol. The van der Waals surface area contributed by atoms with Gasteiger partial charge in [0.15, 0.2) is 5.82 Å². The SMILES string of the molecule is COCC1CN(S(=O)(=O)Nc2ccc(F)c(Nc3ccc4ncn(C)c(=O)c4c3F)c2Cl)C1. The minimum atomic E-state index is -3.93. The van der Waals surface area contributed by atoms with Crippen LogP contribution in [-0.4, -0.2) is 49.1 Å². The lowest BCUT2D eigenvalue weighted by atomic mass is 10.1. The van der Waals surface area contributed by atoms with Gasteiger partial charge in [0.1, 0.15) is 11.2 Å². The van der Waals surface area contributed by atoms with Crippen LogP contribution in [0.15, 0.2) is 35.4 Å². The molecule has 176 valence electrons. The van der Waals surface area contributed by atoms with Crippen LogP contribution in [0.1, 0.15) is 0 Å². The van der Waals surface area contributed by atoms with Gasteiger partial charge in [-0.1, -0.05) is 11.6 Å². The summed E-state index contributed by atoms with van der Waals surface area (Å²) in [7, 11) is -0.970. The molecule has 1 fully saturated rings. The molecule has 33 heavy (non-hydrogen) atoms. The fourth-order valence-corrected chi connectivity index (χ4v) is 5.19. The molecule has 0 unspecified atom stereocenters. The molecule has 4 rings (SSSR count). The molecule has 2 heterocycles. The highest BCUT2D eigenvalue weighted by Gasteiger charge is 2.36. The van der Waals surface area contributed by atoms with Crippen LogP contribution in [0.3, 0.4) is 0 Å². The minimum absolute atomic E-state index is 0.0884. The fraction of sp³-hybridized carbons (Fsp3) is 0.300. The molecule has 2 aromatic carbocycles. The maximum Gasteiger partial charge on any atom is 0.301 e. The third kappa shape index (κ3) is 4.38. The Kier molecular flexibility index (Phi) is 6.27. The van der Waals surface area contributed by atoms with Gasteiger partial charge in [-0.3, -0.25) is 9.52 Å². The first-order valence-electron chi connectivity index (χ1n) is 9.78. The van der Waals surface area contributed by atoms with E-state index in [1.54, 1.807) is 0 Å². The van der Waals surface area contributed by atoms with E-state index >= 15 is 4.39 Å². The number of aryl methyl sites for hydroxylation is 1. The van der Waals surface area contributed by atoms with E-state index in [2.05, 4.69) is 15.0 Å². The Bertz CT molecular complexity index is 1390. The van der Waals surface area contributed by atoms with Crippen LogP contribution in [0, 0.1) is 17.6 Å². The number of rotatable bonds is 7. The third-order valence-electron chi connectivity index (χ3n) is 5.28. The standard InChI is InChI=1S/C20H20ClF2N5O4S/c1-27-10-24-13-5-6-15(18(23)16(13)20(27)29)25-19-12(22)3-4-14(17(19)21)26-33(30,31)28-7-11(8-28)9-32-2/h3-6,10-11,25-26H,7-9H2,1-2H3. The largest absolute Gasteiger partial charge is 0.384 e. The maximum atomic E-state index is 15.1. The maximum absolute atomic E-state index is 15.1.